The van der Waals surface area contributed by atoms with Crippen LogP contribution in [0.25, 0.3) is 11.0 Å². The number of rotatable bonds is 6. The average molecular weight is 488 g/mol. The highest BCUT2D eigenvalue weighted by atomic mass is 19.4. The minimum absolute atomic E-state index is 0.108. The van der Waals surface area contributed by atoms with E-state index in [0.717, 1.165) is 25.5 Å². The van der Waals surface area contributed by atoms with Crippen molar-refractivity contribution in [2.75, 3.05) is 11.9 Å². The molecule has 15 heteroatoms. The molecule has 184 valence electrons. The number of hydrogen-bond donors (Lipinski definition) is 1. The topological polar surface area (TPSA) is 148 Å². The van der Waals surface area contributed by atoms with E-state index in [9.17, 15) is 32.3 Å². The van der Waals surface area contributed by atoms with Gasteiger partial charge < -0.3 is 24.3 Å². The molecule has 4 atom stereocenters. The molecule has 0 bridgehead atoms. The first kappa shape index (κ1) is 24.9. The summed E-state index contributed by atoms with van der Waals surface area (Å²) in [5.74, 6) is -4.35. The van der Waals surface area contributed by atoms with E-state index in [2.05, 4.69) is 10.3 Å². The van der Waals surface area contributed by atoms with Crippen LogP contribution in [0.3, 0.4) is 0 Å². The lowest BCUT2D eigenvalue weighted by Crippen LogP contribution is -2.40. The fourth-order valence-corrected chi connectivity index (χ4v) is 3.33. The molecule has 0 aliphatic carbocycles. The minimum atomic E-state index is -5.13. The van der Waals surface area contributed by atoms with Gasteiger partial charge in [-0.25, -0.2) is 4.68 Å². The van der Waals surface area contributed by atoms with Crippen LogP contribution in [-0.4, -0.2) is 69.9 Å². The summed E-state index contributed by atoms with van der Waals surface area (Å²) < 4.78 is 60.4. The van der Waals surface area contributed by atoms with Crippen LogP contribution in [-0.2, 0) is 38.1 Å². The van der Waals surface area contributed by atoms with Gasteiger partial charge in [0.15, 0.2) is 18.4 Å². The molecule has 2 heterocycles. The summed E-state index contributed by atoms with van der Waals surface area (Å²) in [7, 11) is 0. The van der Waals surface area contributed by atoms with E-state index in [1.165, 1.54) is 18.2 Å². The second-order valence-electron chi connectivity index (χ2n) is 7.17. The van der Waals surface area contributed by atoms with Gasteiger partial charge in [-0.3, -0.25) is 19.2 Å². The van der Waals surface area contributed by atoms with Crippen molar-refractivity contribution in [3.8, 4) is 0 Å². The van der Waals surface area contributed by atoms with Crippen LogP contribution in [0.5, 0.6) is 0 Å². The molecular formula is C19H19F3N4O8. The molecule has 3 rings (SSSR count). The average Bonchev–Trinajstić information content (AvgIpc) is 3.27. The molecule has 1 aliphatic heterocycles. The van der Waals surface area contributed by atoms with E-state index >= 15 is 0 Å². The van der Waals surface area contributed by atoms with Crippen LogP contribution < -0.4 is 5.32 Å². The maximum atomic E-state index is 12.7. The Morgan fingerprint density at radius 2 is 1.71 bits per heavy atom. The van der Waals surface area contributed by atoms with E-state index in [-0.39, 0.29) is 23.3 Å². The number of fused-ring (bicyclic) bond motifs is 1. The molecule has 0 radical (unpaired) electrons. The number of alkyl halides is 3. The summed E-state index contributed by atoms with van der Waals surface area (Å²) in [5, 5.41) is 9.41. The molecule has 1 N–H and O–H groups in total. The van der Waals surface area contributed by atoms with E-state index in [0.29, 0.717) is 0 Å². The fraction of sp³-hybridized carbons (Fsp3) is 0.474. The standard InChI is InChI=1S/C19H19F3N4O8/c1-8(27)31-7-13-15(32-9(2)28)16(33-10(3)29)17(34-13)26-12-6-4-5-11(14(12)24-25-26)23-18(30)19(20,21)22/h4-6,13,15-17H,7H2,1-3H3,(H,23,30)/t13-,15+,16+,17-/m0/s1. The highest BCUT2D eigenvalue weighted by Crippen LogP contribution is 2.36. The monoisotopic (exact) mass is 488 g/mol. The lowest BCUT2D eigenvalue weighted by molar-refractivity contribution is -0.167. The van der Waals surface area contributed by atoms with Crippen LogP contribution in [0.4, 0.5) is 18.9 Å². The first-order valence-electron chi connectivity index (χ1n) is 9.73. The fourth-order valence-electron chi connectivity index (χ4n) is 3.33. The van der Waals surface area contributed by atoms with Gasteiger partial charge >= 0.3 is 30.0 Å². The second kappa shape index (κ2) is 9.62. The van der Waals surface area contributed by atoms with E-state index in [4.69, 9.17) is 18.9 Å². The van der Waals surface area contributed by atoms with Gasteiger partial charge in [-0.1, -0.05) is 11.3 Å². The van der Waals surface area contributed by atoms with Gasteiger partial charge in [0.2, 0.25) is 0 Å². The quantitative estimate of drug-likeness (QED) is 0.465. The molecule has 0 saturated carbocycles. The zero-order valence-corrected chi connectivity index (χ0v) is 18.0. The van der Waals surface area contributed by atoms with E-state index in [1.807, 2.05) is 0 Å². The second-order valence-corrected chi connectivity index (χ2v) is 7.17. The molecule has 1 amide bonds. The highest BCUT2D eigenvalue weighted by molar-refractivity contribution is 6.01. The number of hydrogen-bond acceptors (Lipinski definition) is 10. The van der Waals surface area contributed by atoms with Crippen molar-refractivity contribution in [1.82, 2.24) is 15.0 Å². The van der Waals surface area contributed by atoms with Crippen LogP contribution in [0, 0.1) is 0 Å². The Morgan fingerprint density at radius 1 is 1.06 bits per heavy atom. The Kier molecular flexibility index (Phi) is 7.04. The molecule has 2 aromatic rings. The molecule has 1 aromatic heterocycles. The third-order valence-corrected chi connectivity index (χ3v) is 4.59. The summed E-state index contributed by atoms with van der Waals surface area (Å²) in [4.78, 5) is 46.0. The summed E-state index contributed by atoms with van der Waals surface area (Å²) in [6, 6.07) is 3.95. The van der Waals surface area contributed by atoms with Gasteiger partial charge in [0, 0.05) is 20.8 Å². The number of halogens is 3. The van der Waals surface area contributed by atoms with Gasteiger partial charge in [0.1, 0.15) is 18.2 Å². The first-order valence-corrected chi connectivity index (χ1v) is 9.73. The molecule has 1 aromatic carbocycles. The molecule has 0 unspecified atom stereocenters. The number of ether oxygens (including phenoxy) is 4. The van der Waals surface area contributed by atoms with Crippen LogP contribution in [0.2, 0.25) is 0 Å². The molecule has 34 heavy (non-hydrogen) atoms. The number of nitrogens with one attached hydrogen (secondary N) is 1. The van der Waals surface area contributed by atoms with Gasteiger partial charge in [-0.15, -0.1) is 5.10 Å². The van der Waals surface area contributed by atoms with Crippen molar-refractivity contribution >= 4 is 40.5 Å². The van der Waals surface area contributed by atoms with Crippen molar-refractivity contribution in [3.63, 3.8) is 0 Å². The highest BCUT2D eigenvalue weighted by Gasteiger charge is 2.51. The summed E-state index contributed by atoms with van der Waals surface area (Å²) in [5.41, 5.74) is -0.282. The maximum Gasteiger partial charge on any atom is 0.471 e. The predicted octanol–water partition coefficient (Wildman–Crippen LogP) is 1.26. The lowest BCUT2D eigenvalue weighted by Gasteiger charge is -2.23. The molecule has 1 saturated heterocycles. The van der Waals surface area contributed by atoms with Crippen molar-refractivity contribution < 1.29 is 51.3 Å². The zero-order valence-electron chi connectivity index (χ0n) is 18.0. The van der Waals surface area contributed by atoms with Gasteiger partial charge in [-0.2, -0.15) is 13.2 Å². The minimum Gasteiger partial charge on any atom is -0.463 e. The molecule has 1 aliphatic rings. The van der Waals surface area contributed by atoms with Crippen molar-refractivity contribution in [2.24, 2.45) is 0 Å². The number of amides is 1. The van der Waals surface area contributed by atoms with E-state index in [1.54, 1.807) is 5.32 Å². The lowest BCUT2D eigenvalue weighted by atomic mass is 10.1. The molecule has 1 fully saturated rings. The third kappa shape index (κ3) is 5.41. The smallest absolute Gasteiger partial charge is 0.463 e. The molecule has 0 spiro atoms. The van der Waals surface area contributed by atoms with Gasteiger partial charge in [0.05, 0.1) is 11.2 Å². The van der Waals surface area contributed by atoms with Gasteiger partial charge in [-0.05, 0) is 12.1 Å². The molecular weight excluding hydrogens is 469 g/mol. The largest absolute Gasteiger partial charge is 0.471 e. The third-order valence-electron chi connectivity index (χ3n) is 4.59. The zero-order chi connectivity index (χ0) is 25.2. The number of nitrogens with zero attached hydrogens (tertiary/aromatic N) is 3. The number of aromatic nitrogens is 3. The normalized spacial score (nSPS) is 22.3. The summed E-state index contributed by atoms with van der Waals surface area (Å²) in [6.45, 7) is 3.01. The maximum absolute atomic E-state index is 12.7. The van der Waals surface area contributed by atoms with Crippen molar-refractivity contribution in [1.29, 1.82) is 0 Å². The Balaban J connectivity index is 2.01. The number of carbonyl (C=O) groups is 4. The van der Waals surface area contributed by atoms with Crippen LogP contribution in [0.1, 0.15) is 27.0 Å². The number of carbonyl (C=O) groups excluding carboxylic acids is 4. The molecule has 12 nitrogen and oxygen atoms in total. The number of anilines is 1. The van der Waals surface area contributed by atoms with Crippen molar-refractivity contribution in [3.05, 3.63) is 18.2 Å². The SMILES string of the molecule is CC(=O)OC[C@@H]1O[C@H](n2nnc3c(NC(=O)C(F)(F)F)cccc32)[C@H](OC(C)=O)[C@@H]1OC(C)=O. The van der Waals surface area contributed by atoms with Gasteiger partial charge in [0.25, 0.3) is 0 Å². The summed E-state index contributed by atoms with van der Waals surface area (Å²) >= 11 is 0. The Bertz CT molecular complexity index is 1120. The van der Waals surface area contributed by atoms with Crippen LogP contribution >= 0.6 is 0 Å². The Morgan fingerprint density at radius 3 is 2.29 bits per heavy atom. The number of benzene rings is 1. The van der Waals surface area contributed by atoms with E-state index < -0.39 is 54.5 Å². The first-order chi connectivity index (χ1) is 15.9. The van der Waals surface area contributed by atoms with Crippen LogP contribution in [0.15, 0.2) is 18.2 Å². The van der Waals surface area contributed by atoms with Crippen molar-refractivity contribution in [2.45, 2.75) is 51.5 Å². The number of esters is 3. The summed E-state index contributed by atoms with van der Waals surface area (Å²) in [6.07, 6.45) is -9.96. The predicted molar refractivity (Wildman–Crippen MR) is 104 cm³/mol. The Hall–Kier alpha value is -3.75. The Labute approximate surface area is 189 Å².